The highest BCUT2D eigenvalue weighted by atomic mass is 16.4. The first-order valence-corrected chi connectivity index (χ1v) is 9.77. The number of nitrogens with two attached hydrogens (primary N) is 2. The van der Waals surface area contributed by atoms with Crippen LogP contribution in [0.5, 0.6) is 0 Å². The summed E-state index contributed by atoms with van der Waals surface area (Å²) in [5, 5.41) is 33.3. The molecule has 0 spiro atoms. The summed E-state index contributed by atoms with van der Waals surface area (Å²) in [5.74, 6) is -8.93. The third-order valence-electron chi connectivity index (χ3n) is 4.29. The van der Waals surface area contributed by atoms with Gasteiger partial charge in [0.2, 0.25) is 23.6 Å². The van der Waals surface area contributed by atoms with Gasteiger partial charge in [0.15, 0.2) is 0 Å². The third kappa shape index (κ3) is 11.4. The maximum atomic E-state index is 12.6. The van der Waals surface area contributed by atoms with Crippen molar-refractivity contribution in [2.45, 2.75) is 63.7 Å². The number of carboxylic acids is 3. The van der Waals surface area contributed by atoms with Gasteiger partial charge in [0.1, 0.15) is 18.1 Å². The van der Waals surface area contributed by atoms with Crippen molar-refractivity contribution in [3.05, 3.63) is 0 Å². The Morgan fingerprint density at radius 2 is 1.24 bits per heavy atom. The van der Waals surface area contributed by atoms with Crippen LogP contribution in [-0.2, 0) is 33.6 Å². The third-order valence-corrected chi connectivity index (χ3v) is 4.29. The summed E-state index contributed by atoms with van der Waals surface area (Å²) >= 11 is 0. The molecule has 0 aliphatic heterocycles. The summed E-state index contributed by atoms with van der Waals surface area (Å²) in [6, 6.07) is -6.08. The molecule has 186 valence electrons. The molecule has 10 N–H and O–H groups in total. The molecule has 15 heteroatoms. The van der Waals surface area contributed by atoms with Crippen molar-refractivity contribution in [2.75, 3.05) is 0 Å². The molecule has 0 aromatic rings. The van der Waals surface area contributed by atoms with Crippen LogP contribution in [0, 0.1) is 5.92 Å². The number of hydrogen-bond acceptors (Lipinski definition) is 8. The zero-order chi connectivity index (χ0) is 25.9. The predicted octanol–water partition coefficient (Wildman–Crippen LogP) is -3.28. The second-order valence-electron chi connectivity index (χ2n) is 7.50. The lowest BCUT2D eigenvalue weighted by atomic mass is 10.0. The van der Waals surface area contributed by atoms with E-state index in [1.165, 1.54) is 13.8 Å². The highest BCUT2D eigenvalue weighted by Crippen LogP contribution is 2.06. The zero-order valence-electron chi connectivity index (χ0n) is 18.1. The van der Waals surface area contributed by atoms with E-state index in [1.807, 2.05) is 5.32 Å². The van der Waals surface area contributed by atoms with E-state index in [2.05, 4.69) is 10.6 Å². The summed E-state index contributed by atoms with van der Waals surface area (Å²) in [7, 11) is 0. The van der Waals surface area contributed by atoms with Crippen LogP contribution in [0.2, 0.25) is 0 Å². The summed E-state index contributed by atoms with van der Waals surface area (Å²) < 4.78 is 0. The lowest BCUT2D eigenvalue weighted by Crippen LogP contribution is -2.58. The Morgan fingerprint density at radius 1 is 0.758 bits per heavy atom. The summed E-state index contributed by atoms with van der Waals surface area (Å²) in [6.45, 7) is 2.98. The maximum Gasteiger partial charge on any atom is 0.326 e. The van der Waals surface area contributed by atoms with Gasteiger partial charge in [-0.3, -0.25) is 28.8 Å². The summed E-state index contributed by atoms with van der Waals surface area (Å²) in [4.78, 5) is 81.2. The number of primary amides is 1. The van der Waals surface area contributed by atoms with Crippen LogP contribution in [-0.4, -0.2) is 81.0 Å². The van der Waals surface area contributed by atoms with Crippen molar-refractivity contribution in [2.24, 2.45) is 17.4 Å². The maximum absolute atomic E-state index is 12.6. The highest BCUT2D eigenvalue weighted by Gasteiger charge is 2.33. The van der Waals surface area contributed by atoms with E-state index in [1.54, 1.807) is 0 Å². The first-order valence-electron chi connectivity index (χ1n) is 9.77. The Balaban J connectivity index is 5.43. The Hall–Kier alpha value is -3.75. The highest BCUT2D eigenvalue weighted by molar-refractivity contribution is 5.96. The van der Waals surface area contributed by atoms with E-state index < -0.39 is 84.5 Å². The molecule has 4 unspecified atom stereocenters. The average Bonchev–Trinajstić information content (AvgIpc) is 2.67. The normalized spacial score (nSPS) is 14.3. The fourth-order valence-corrected chi connectivity index (χ4v) is 2.52. The molecule has 0 aromatic heterocycles. The molecule has 33 heavy (non-hydrogen) atoms. The molecule has 4 atom stereocenters. The topological polar surface area (TPSA) is 268 Å². The SMILES string of the molecule is CC(C)C(NC(=O)C(CC(=O)O)NC(=O)C(N)CCC(N)=O)C(=O)NC(CC(=O)O)C(=O)O. The minimum Gasteiger partial charge on any atom is -0.481 e. The fraction of sp³-hybridized carbons (Fsp3) is 0.611. The van der Waals surface area contributed by atoms with Crippen LogP contribution in [0.3, 0.4) is 0 Å². The van der Waals surface area contributed by atoms with Crippen LogP contribution in [0.4, 0.5) is 0 Å². The monoisotopic (exact) mass is 475 g/mol. The van der Waals surface area contributed by atoms with Crippen molar-refractivity contribution in [1.82, 2.24) is 16.0 Å². The van der Waals surface area contributed by atoms with E-state index >= 15 is 0 Å². The van der Waals surface area contributed by atoms with E-state index in [9.17, 15) is 33.6 Å². The van der Waals surface area contributed by atoms with Crippen LogP contribution in [0.25, 0.3) is 0 Å². The number of rotatable bonds is 15. The quantitative estimate of drug-likeness (QED) is 0.116. The molecule has 0 rings (SSSR count). The lowest BCUT2D eigenvalue weighted by Gasteiger charge is -2.26. The van der Waals surface area contributed by atoms with Crippen molar-refractivity contribution >= 4 is 41.5 Å². The van der Waals surface area contributed by atoms with Gasteiger partial charge < -0.3 is 42.7 Å². The molecule has 0 saturated heterocycles. The number of amides is 4. The van der Waals surface area contributed by atoms with Crippen LogP contribution < -0.4 is 27.4 Å². The number of carbonyl (C=O) groups excluding carboxylic acids is 4. The van der Waals surface area contributed by atoms with E-state index in [0.717, 1.165) is 0 Å². The molecular formula is C18H29N5O10. The van der Waals surface area contributed by atoms with Gasteiger partial charge in [0.05, 0.1) is 18.9 Å². The number of carbonyl (C=O) groups is 7. The van der Waals surface area contributed by atoms with Crippen molar-refractivity contribution in [1.29, 1.82) is 0 Å². The van der Waals surface area contributed by atoms with E-state index in [4.69, 9.17) is 26.8 Å². The Bertz CT molecular complexity index is 785. The van der Waals surface area contributed by atoms with E-state index in [-0.39, 0.29) is 12.8 Å². The van der Waals surface area contributed by atoms with Gasteiger partial charge >= 0.3 is 17.9 Å². The first-order chi connectivity index (χ1) is 15.1. The molecule has 4 amide bonds. The number of hydrogen-bond donors (Lipinski definition) is 8. The largest absolute Gasteiger partial charge is 0.481 e. The average molecular weight is 475 g/mol. The number of aliphatic carboxylic acids is 3. The van der Waals surface area contributed by atoms with Crippen molar-refractivity contribution in [3.8, 4) is 0 Å². The van der Waals surface area contributed by atoms with Gasteiger partial charge in [0, 0.05) is 6.42 Å². The Labute approximate surface area is 188 Å². The van der Waals surface area contributed by atoms with Crippen molar-refractivity contribution in [3.63, 3.8) is 0 Å². The van der Waals surface area contributed by atoms with Gasteiger partial charge in [-0.15, -0.1) is 0 Å². The molecule has 15 nitrogen and oxygen atoms in total. The Kier molecular flexibility index (Phi) is 12.1. The molecule has 0 aliphatic rings. The van der Waals surface area contributed by atoms with Gasteiger partial charge in [-0.05, 0) is 12.3 Å². The number of nitrogens with one attached hydrogen (secondary N) is 3. The zero-order valence-corrected chi connectivity index (χ0v) is 18.1. The molecule has 0 aromatic carbocycles. The van der Waals surface area contributed by atoms with E-state index in [0.29, 0.717) is 0 Å². The smallest absolute Gasteiger partial charge is 0.326 e. The second-order valence-corrected chi connectivity index (χ2v) is 7.50. The van der Waals surface area contributed by atoms with Gasteiger partial charge in [-0.2, -0.15) is 0 Å². The number of carboxylic acid groups (broad SMARTS) is 3. The second kappa shape index (κ2) is 13.6. The summed E-state index contributed by atoms with van der Waals surface area (Å²) in [6.07, 6.45) is -2.16. The molecule has 0 heterocycles. The fourth-order valence-electron chi connectivity index (χ4n) is 2.52. The van der Waals surface area contributed by atoms with Gasteiger partial charge in [-0.1, -0.05) is 13.8 Å². The molecular weight excluding hydrogens is 446 g/mol. The molecule has 0 fully saturated rings. The minimum atomic E-state index is -1.77. The molecule has 0 saturated carbocycles. The Morgan fingerprint density at radius 3 is 1.67 bits per heavy atom. The van der Waals surface area contributed by atoms with Crippen LogP contribution in [0.1, 0.15) is 39.5 Å². The standard InChI is InChI=1S/C18H29N5O10/c1-7(2)14(17(31)22-10(18(32)33)6-13(27)28)23-16(30)9(5-12(25)26)21-15(29)8(19)3-4-11(20)24/h7-10,14H,3-6,19H2,1-2H3,(H2,20,24)(H,21,29)(H,22,31)(H,23,30)(H,25,26)(H,27,28)(H,32,33). The first kappa shape index (κ1) is 29.2. The molecule has 0 bridgehead atoms. The minimum absolute atomic E-state index is 0.153. The molecule has 0 aliphatic carbocycles. The lowest BCUT2D eigenvalue weighted by molar-refractivity contribution is -0.147. The van der Waals surface area contributed by atoms with Gasteiger partial charge in [-0.25, -0.2) is 4.79 Å². The van der Waals surface area contributed by atoms with Crippen molar-refractivity contribution < 1.29 is 48.9 Å². The van der Waals surface area contributed by atoms with Gasteiger partial charge in [0.25, 0.3) is 0 Å². The van der Waals surface area contributed by atoms with Crippen LogP contribution in [0.15, 0.2) is 0 Å². The van der Waals surface area contributed by atoms with Crippen LogP contribution >= 0.6 is 0 Å². The predicted molar refractivity (Wildman–Crippen MR) is 109 cm³/mol. The molecule has 0 radical (unpaired) electrons. The summed E-state index contributed by atoms with van der Waals surface area (Å²) in [5.41, 5.74) is 10.6.